The quantitative estimate of drug-likeness (QED) is 0.860. The highest BCUT2D eigenvalue weighted by molar-refractivity contribution is 5.86. The predicted octanol–water partition coefficient (Wildman–Crippen LogP) is 3.77. The van der Waals surface area contributed by atoms with Crippen molar-refractivity contribution >= 4 is 10.8 Å². The lowest BCUT2D eigenvalue weighted by molar-refractivity contribution is 0.0478. The molecule has 1 aliphatic carbocycles. The summed E-state index contributed by atoms with van der Waals surface area (Å²) in [6.07, 6.45) is 5.61. The minimum Gasteiger partial charge on any atom is -0.393 e. The van der Waals surface area contributed by atoms with Crippen LogP contribution in [-0.4, -0.2) is 48.8 Å². The number of benzene rings is 2. The smallest absolute Gasteiger partial charge is 0.0574 e. The summed E-state index contributed by atoms with van der Waals surface area (Å²) in [5, 5.41) is 16.9. The molecule has 140 valence electrons. The minimum atomic E-state index is -0.157. The van der Waals surface area contributed by atoms with Gasteiger partial charge in [-0.05, 0) is 55.1 Å². The van der Waals surface area contributed by atoms with Crippen molar-refractivity contribution in [3.8, 4) is 0 Å². The highest BCUT2D eigenvalue weighted by atomic mass is 16.3. The van der Waals surface area contributed by atoms with E-state index in [1.165, 1.54) is 35.6 Å². The topological polar surface area (TPSA) is 35.5 Å². The lowest BCUT2D eigenvalue weighted by Gasteiger charge is -2.37. The fourth-order valence-corrected chi connectivity index (χ4v) is 5.16. The van der Waals surface area contributed by atoms with Gasteiger partial charge in [0.15, 0.2) is 0 Å². The number of hydrogen-bond donors (Lipinski definition) is 2. The third-order valence-electron chi connectivity index (χ3n) is 6.66. The molecule has 0 aromatic heterocycles. The van der Waals surface area contributed by atoms with E-state index in [1.54, 1.807) is 0 Å². The molecule has 0 bridgehead atoms. The molecular weight excluding hydrogens is 320 g/mol. The van der Waals surface area contributed by atoms with Gasteiger partial charge in [0.05, 0.1) is 6.10 Å². The van der Waals surface area contributed by atoms with Crippen molar-refractivity contribution in [2.45, 2.75) is 50.2 Å². The van der Waals surface area contributed by atoms with Gasteiger partial charge in [-0.2, -0.15) is 0 Å². The van der Waals surface area contributed by atoms with E-state index in [9.17, 15) is 5.11 Å². The van der Waals surface area contributed by atoms with Gasteiger partial charge in [0, 0.05) is 25.0 Å². The van der Waals surface area contributed by atoms with E-state index < -0.39 is 0 Å². The summed E-state index contributed by atoms with van der Waals surface area (Å²) < 4.78 is 0. The van der Waals surface area contributed by atoms with E-state index in [-0.39, 0.29) is 6.10 Å². The number of aliphatic hydroxyl groups excluding tert-OH is 1. The molecule has 4 rings (SSSR count). The standard InChI is InChI=1S/C23H32N2O/c1-24-18-13-14-25(15-18)16-22(21-10-4-5-12-23(21)26)20-11-6-8-17-7-2-3-9-19(17)20/h2-3,6-9,11,18,21-24,26H,4-5,10,12-16H2,1H3/t18-,21?,22?,23?/m1/s1. The minimum absolute atomic E-state index is 0.157. The summed E-state index contributed by atoms with van der Waals surface area (Å²) in [6.45, 7) is 3.35. The van der Waals surface area contributed by atoms with E-state index in [0.29, 0.717) is 17.9 Å². The lowest BCUT2D eigenvalue weighted by Crippen LogP contribution is -2.38. The van der Waals surface area contributed by atoms with Gasteiger partial charge >= 0.3 is 0 Å². The highest BCUT2D eigenvalue weighted by Crippen LogP contribution is 2.39. The summed E-state index contributed by atoms with van der Waals surface area (Å²) in [5.41, 5.74) is 1.43. The third kappa shape index (κ3) is 3.66. The Labute approximate surface area is 157 Å². The monoisotopic (exact) mass is 352 g/mol. The first-order valence-corrected chi connectivity index (χ1v) is 10.3. The van der Waals surface area contributed by atoms with Crippen LogP contribution in [-0.2, 0) is 0 Å². The first-order valence-electron chi connectivity index (χ1n) is 10.3. The van der Waals surface area contributed by atoms with Crippen molar-refractivity contribution < 1.29 is 5.11 Å². The molecule has 4 atom stereocenters. The van der Waals surface area contributed by atoms with Gasteiger partial charge in [-0.1, -0.05) is 55.3 Å². The van der Waals surface area contributed by atoms with Gasteiger partial charge in [0.25, 0.3) is 0 Å². The zero-order chi connectivity index (χ0) is 17.9. The van der Waals surface area contributed by atoms with Crippen LogP contribution >= 0.6 is 0 Å². The molecule has 1 saturated carbocycles. The Morgan fingerprint density at radius 3 is 2.69 bits per heavy atom. The number of likely N-dealkylation sites (N-methyl/N-ethyl adjacent to an activating group) is 1. The molecule has 2 aromatic carbocycles. The van der Waals surface area contributed by atoms with Gasteiger partial charge < -0.3 is 15.3 Å². The molecule has 1 heterocycles. The van der Waals surface area contributed by atoms with E-state index >= 15 is 0 Å². The van der Waals surface area contributed by atoms with Crippen molar-refractivity contribution in [1.29, 1.82) is 0 Å². The van der Waals surface area contributed by atoms with E-state index in [2.05, 4.69) is 59.7 Å². The van der Waals surface area contributed by atoms with Gasteiger partial charge in [0.2, 0.25) is 0 Å². The molecule has 2 fully saturated rings. The molecule has 2 aromatic rings. The second kappa shape index (κ2) is 8.08. The number of rotatable bonds is 5. The Bertz CT molecular complexity index is 726. The average molecular weight is 353 g/mol. The van der Waals surface area contributed by atoms with Crippen molar-refractivity contribution in [3.63, 3.8) is 0 Å². The molecule has 0 spiro atoms. The number of fused-ring (bicyclic) bond motifs is 1. The fourth-order valence-electron chi connectivity index (χ4n) is 5.16. The first-order chi connectivity index (χ1) is 12.8. The second-order valence-corrected chi connectivity index (χ2v) is 8.22. The van der Waals surface area contributed by atoms with Crippen LogP contribution in [0.2, 0.25) is 0 Å². The van der Waals surface area contributed by atoms with Gasteiger partial charge in [-0.3, -0.25) is 0 Å². The van der Waals surface area contributed by atoms with Crippen molar-refractivity contribution in [2.24, 2.45) is 5.92 Å². The van der Waals surface area contributed by atoms with Crippen LogP contribution in [0.3, 0.4) is 0 Å². The molecule has 1 saturated heterocycles. The Morgan fingerprint density at radius 2 is 1.88 bits per heavy atom. The Morgan fingerprint density at radius 1 is 1.08 bits per heavy atom. The number of hydrogen-bond acceptors (Lipinski definition) is 3. The Hall–Kier alpha value is -1.42. The zero-order valence-electron chi connectivity index (χ0n) is 15.9. The SMILES string of the molecule is CN[C@@H]1CCN(CC(c2cccc3ccccc23)C2CCCCC2O)C1. The van der Waals surface area contributed by atoms with Gasteiger partial charge in [0.1, 0.15) is 0 Å². The molecule has 3 unspecified atom stereocenters. The maximum atomic E-state index is 10.8. The molecule has 0 amide bonds. The van der Waals surface area contributed by atoms with Crippen LogP contribution in [0.1, 0.15) is 43.6 Å². The van der Waals surface area contributed by atoms with Crippen LogP contribution in [0.4, 0.5) is 0 Å². The summed E-state index contributed by atoms with van der Waals surface area (Å²) in [4.78, 5) is 2.61. The summed E-state index contributed by atoms with van der Waals surface area (Å²) in [6, 6.07) is 16.1. The Kier molecular flexibility index (Phi) is 5.58. The van der Waals surface area contributed by atoms with Crippen molar-refractivity contribution in [3.05, 3.63) is 48.0 Å². The molecule has 1 aliphatic heterocycles. The largest absolute Gasteiger partial charge is 0.393 e. The summed E-state index contributed by atoms with van der Waals surface area (Å²) >= 11 is 0. The number of nitrogens with zero attached hydrogens (tertiary/aromatic N) is 1. The fraction of sp³-hybridized carbons (Fsp3) is 0.565. The van der Waals surface area contributed by atoms with Crippen LogP contribution in [0, 0.1) is 5.92 Å². The molecule has 2 N–H and O–H groups in total. The van der Waals surface area contributed by atoms with Crippen molar-refractivity contribution in [1.82, 2.24) is 10.2 Å². The Balaban J connectivity index is 1.67. The number of nitrogens with one attached hydrogen (secondary N) is 1. The second-order valence-electron chi connectivity index (χ2n) is 8.22. The van der Waals surface area contributed by atoms with Crippen LogP contribution in [0.5, 0.6) is 0 Å². The van der Waals surface area contributed by atoms with Gasteiger partial charge in [-0.25, -0.2) is 0 Å². The van der Waals surface area contributed by atoms with E-state index in [4.69, 9.17) is 0 Å². The third-order valence-corrected chi connectivity index (χ3v) is 6.66. The van der Waals surface area contributed by atoms with E-state index in [1.807, 2.05) is 0 Å². The highest BCUT2D eigenvalue weighted by Gasteiger charge is 2.34. The molecule has 3 heteroatoms. The number of likely N-dealkylation sites (tertiary alicyclic amines) is 1. The predicted molar refractivity (Wildman–Crippen MR) is 109 cm³/mol. The molecular formula is C23H32N2O. The van der Waals surface area contributed by atoms with Gasteiger partial charge in [-0.15, -0.1) is 0 Å². The van der Waals surface area contributed by atoms with Crippen LogP contribution < -0.4 is 5.32 Å². The molecule has 0 radical (unpaired) electrons. The van der Waals surface area contributed by atoms with Crippen LogP contribution in [0.25, 0.3) is 10.8 Å². The average Bonchev–Trinajstić information content (AvgIpc) is 3.14. The molecule has 26 heavy (non-hydrogen) atoms. The maximum absolute atomic E-state index is 10.8. The normalized spacial score (nSPS) is 28.5. The number of aliphatic hydroxyl groups is 1. The first kappa shape index (κ1) is 18.0. The van der Waals surface area contributed by atoms with E-state index in [0.717, 1.165) is 32.5 Å². The van der Waals surface area contributed by atoms with Crippen LogP contribution in [0.15, 0.2) is 42.5 Å². The molecule has 2 aliphatic rings. The molecule has 3 nitrogen and oxygen atoms in total. The maximum Gasteiger partial charge on any atom is 0.0574 e. The lowest BCUT2D eigenvalue weighted by atomic mass is 9.74. The van der Waals surface area contributed by atoms with Crippen molar-refractivity contribution in [2.75, 3.05) is 26.7 Å². The zero-order valence-corrected chi connectivity index (χ0v) is 15.9. The summed E-state index contributed by atoms with van der Waals surface area (Å²) in [5.74, 6) is 0.787. The summed E-state index contributed by atoms with van der Waals surface area (Å²) in [7, 11) is 2.07.